The third-order valence-electron chi connectivity index (χ3n) is 1.99. The molecule has 1 aromatic heterocycles. The number of guanidine groups is 1. The predicted octanol–water partition coefficient (Wildman–Crippen LogP) is -0.661. The van der Waals surface area contributed by atoms with Gasteiger partial charge in [-0.2, -0.15) is 0 Å². The monoisotopic (exact) mass is 222 g/mol. The van der Waals surface area contributed by atoms with Gasteiger partial charge in [-0.05, 0) is 0 Å². The number of rotatable bonds is 3. The van der Waals surface area contributed by atoms with Gasteiger partial charge in [0, 0.05) is 6.42 Å². The first-order valence-electron chi connectivity index (χ1n) is 4.79. The molecule has 1 aromatic rings. The molecule has 84 valence electrons. The molecule has 0 saturated carbocycles. The zero-order valence-corrected chi connectivity index (χ0v) is 8.61. The van der Waals surface area contributed by atoms with Crippen molar-refractivity contribution in [2.45, 2.75) is 19.9 Å². The molecule has 0 radical (unpaired) electrons. The van der Waals surface area contributed by atoms with Gasteiger partial charge < -0.3 is 4.42 Å². The van der Waals surface area contributed by atoms with Gasteiger partial charge in [0.15, 0.2) is 0 Å². The van der Waals surface area contributed by atoms with Crippen molar-refractivity contribution in [1.82, 2.24) is 15.6 Å². The van der Waals surface area contributed by atoms with Gasteiger partial charge in [-0.25, -0.2) is 9.98 Å². The highest BCUT2D eigenvalue weighted by Gasteiger charge is 2.24. The summed E-state index contributed by atoms with van der Waals surface area (Å²) in [4.78, 5) is 29.5. The molecule has 2 amide bonds. The van der Waals surface area contributed by atoms with E-state index < -0.39 is 11.8 Å². The number of aryl methyl sites for hydroxylation is 1. The van der Waals surface area contributed by atoms with E-state index >= 15 is 0 Å². The molecule has 1 aliphatic rings. The van der Waals surface area contributed by atoms with Crippen molar-refractivity contribution >= 4 is 17.8 Å². The average molecular weight is 222 g/mol. The Morgan fingerprint density at radius 1 is 1.38 bits per heavy atom. The highest BCUT2D eigenvalue weighted by atomic mass is 16.4. The molecule has 0 unspecified atom stereocenters. The second-order valence-corrected chi connectivity index (χ2v) is 3.15. The summed E-state index contributed by atoms with van der Waals surface area (Å²) in [5, 5.41) is 4.55. The lowest BCUT2D eigenvalue weighted by atomic mass is 10.4. The normalized spacial score (nSPS) is 14.9. The lowest BCUT2D eigenvalue weighted by Crippen LogP contribution is -2.25. The smallest absolute Gasteiger partial charge is 0.316 e. The predicted molar refractivity (Wildman–Crippen MR) is 53.3 cm³/mol. The Balaban J connectivity index is 1.99. The van der Waals surface area contributed by atoms with Gasteiger partial charge in [-0.3, -0.25) is 20.2 Å². The fourth-order valence-corrected chi connectivity index (χ4v) is 1.17. The number of nitrogens with zero attached hydrogens (tertiary/aromatic N) is 2. The van der Waals surface area contributed by atoms with Gasteiger partial charge >= 0.3 is 11.8 Å². The summed E-state index contributed by atoms with van der Waals surface area (Å²) in [6.07, 6.45) is 2.39. The molecule has 2 heterocycles. The first-order chi connectivity index (χ1) is 7.69. The molecule has 0 aromatic carbocycles. The van der Waals surface area contributed by atoms with Crippen LogP contribution in [0.1, 0.15) is 18.6 Å². The van der Waals surface area contributed by atoms with Crippen LogP contribution in [0.3, 0.4) is 0 Å². The molecule has 0 aliphatic carbocycles. The first-order valence-corrected chi connectivity index (χ1v) is 4.79. The molecular weight excluding hydrogens is 212 g/mol. The standard InChI is InChI=1S/C9H10N4O3/c1-2-5-3-10-6(16-5)4-11-9-12-7(14)8(15)13-9/h3H,2,4H2,1H3,(H2,11,12,13,14,15). The third kappa shape index (κ3) is 2.08. The largest absolute Gasteiger partial charge is 0.444 e. The van der Waals surface area contributed by atoms with Crippen LogP contribution in [0.15, 0.2) is 15.6 Å². The lowest BCUT2D eigenvalue weighted by Gasteiger charge is -1.93. The van der Waals surface area contributed by atoms with Gasteiger partial charge in [-0.1, -0.05) is 6.92 Å². The van der Waals surface area contributed by atoms with E-state index in [1.54, 1.807) is 6.20 Å². The number of oxazole rings is 1. The fourth-order valence-electron chi connectivity index (χ4n) is 1.17. The second-order valence-electron chi connectivity index (χ2n) is 3.15. The van der Waals surface area contributed by atoms with E-state index in [1.807, 2.05) is 6.92 Å². The third-order valence-corrected chi connectivity index (χ3v) is 1.99. The van der Waals surface area contributed by atoms with Crippen molar-refractivity contribution in [3.8, 4) is 0 Å². The number of carbonyl (C=O) groups is 2. The Kier molecular flexibility index (Phi) is 2.67. The maximum absolute atomic E-state index is 10.8. The van der Waals surface area contributed by atoms with E-state index in [0.717, 1.165) is 12.2 Å². The highest BCUT2D eigenvalue weighted by Crippen LogP contribution is 2.05. The van der Waals surface area contributed by atoms with E-state index in [9.17, 15) is 9.59 Å². The van der Waals surface area contributed by atoms with Gasteiger partial charge in [0.2, 0.25) is 11.9 Å². The molecule has 16 heavy (non-hydrogen) atoms. The molecule has 2 rings (SSSR count). The van der Waals surface area contributed by atoms with Crippen LogP contribution in [0.4, 0.5) is 0 Å². The molecule has 0 atom stereocenters. The number of nitrogens with one attached hydrogen (secondary N) is 2. The molecule has 2 N–H and O–H groups in total. The zero-order valence-electron chi connectivity index (χ0n) is 8.61. The van der Waals surface area contributed by atoms with Crippen LogP contribution < -0.4 is 10.6 Å². The van der Waals surface area contributed by atoms with Crippen LogP contribution in [-0.4, -0.2) is 22.8 Å². The van der Waals surface area contributed by atoms with Gasteiger partial charge in [0.25, 0.3) is 0 Å². The van der Waals surface area contributed by atoms with Crippen molar-refractivity contribution in [1.29, 1.82) is 0 Å². The van der Waals surface area contributed by atoms with Crippen LogP contribution in [0, 0.1) is 0 Å². The molecule has 1 saturated heterocycles. The van der Waals surface area contributed by atoms with E-state index in [2.05, 4.69) is 20.6 Å². The van der Waals surface area contributed by atoms with Crippen molar-refractivity contribution in [3.05, 3.63) is 17.8 Å². The molecule has 1 fully saturated rings. The lowest BCUT2D eigenvalue weighted by molar-refractivity contribution is -0.135. The quantitative estimate of drug-likeness (QED) is 0.663. The maximum Gasteiger partial charge on any atom is 0.316 e. The Hall–Kier alpha value is -2.18. The number of aromatic nitrogens is 1. The molecule has 0 spiro atoms. The molecule has 0 bridgehead atoms. The Bertz CT molecular complexity index is 445. The Labute approximate surface area is 90.9 Å². The average Bonchev–Trinajstić information content (AvgIpc) is 2.84. The summed E-state index contributed by atoms with van der Waals surface area (Å²) in [6.45, 7) is 2.13. The minimum atomic E-state index is -0.708. The van der Waals surface area contributed by atoms with E-state index in [-0.39, 0.29) is 12.5 Å². The Morgan fingerprint density at radius 3 is 2.62 bits per heavy atom. The van der Waals surface area contributed by atoms with Crippen LogP contribution in [0.2, 0.25) is 0 Å². The van der Waals surface area contributed by atoms with Crippen molar-refractivity contribution in [2.75, 3.05) is 0 Å². The SMILES string of the molecule is CCc1cnc(CN=C2NC(=O)C(=O)N2)o1. The summed E-state index contributed by atoms with van der Waals surface area (Å²) in [5.74, 6) is -0.0681. The number of hydrogen-bond donors (Lipinski definition) is 2. The van der Waals surface area contributed by atoms with Crippen LogP contribution in [-0.2, 0) is 22.6 Å². The Morgan fingerprint density at radius 2 is 2.06 bits per heavy atom. The minimum absolute atomic E-state index is 0.131. The second kappa shape index (κ2) is 4.13. The van der Waals surface area contributed by atoms with Crippen molar-refractivity contribution < 1.29 is 14.0 Å². The topological polar surface area (TPSA) is 96.6 Å². The van der Waals surface area contributed by atoms with Crippen LogP contribution in [0.5, 0.6) is 0 Å². The molecule has 1 aliphatic heterocycles. The molecule has 7 heteroatoms. The molecular formula is C9H10N4O3. The number of carbonyl (C=O) groups excluding carboxylic acids is 2. The van der Waals surface area contributed by atoms with Crippen molar-refractivity contribution in [3.63, 3.8) is 0 Å². The maximum atomic E-state index is 10.8. The summed E-state index contributed by atoms with van der Waals surface area (Å²) < 4.78 is 5.30. The zero-order chi connectivity index (χ0) is 11.5. The summed E-state index contributed by atoms with van der Waals surface area (Å²) in [5.41, 5.74) is 0. The van der Waals surface area contributed by atoms with Gasteiger partial charge in [0.05, 0.1) is 6.20 Å². The summed E-state index contributed by atoms with van der Waals surface area (Å²) >= 11 is 0. The van der Waals surface area contributed by atoms with Crippen LogP contribution >= 0.6 is 0 Å². The van der Waals surface area contributed by atoms with Gasteiger partial charge in [-0.15, -0.1) is 0 Å². The number of aliphatic imine (C=N–C) groups is 1. The summed E-state index contributed by atoms with van der Waals surface area (Å²) in [6, 6.07) is 0. The van der Waals surface area contributed by atoms with E-state index in [4.69, 9.17) is 4.42 Å². The fraction of sp³-hybridized carbons (Fsp3) is 0.333. The van der Waals surface area contributed by atoms with Crippen molar-refractivity contribution in [2.24, 2.45) is 4.99 Å². The summed E-state index contributed by atoms with van der Waals surface area (Å²) in [7, 11) is 0. The van der Waals surface area contributed by atoms with E-state index in [1.165, 1.54) is 0 Å². The minimum Gasteiger partial charge on any atom is -0.444 e. The number of hydrogen-bond acceptors (Lipinski definition) is 5. The molecule has 7 nitrogen and oxygen atoms in total. The van der Waals surface area contributed by atoms with E-state index in [0.29, 0.717) is 5.89 Å². The highest BCUT2D eigenvalue weighted by molar-refractivity contribution is 6.45. The first kappa shape index (κ1) is 10.3. The van der Waals surface area contributed by atoms with Gasteiger partial charge in [0.1, 0.15) is 12.3 Å². The number of amides is 2. The van der Waals surface area contributed by atoms with Crippen LogP contribution in [0.25, 0.3) is 0 Å².